The third-order valence-corrected chi connectivity index (χ3v) is 2.11. The Kier molecular flexibility index (Phi) is 3.94. The van der Waals surface area contributed by atoms with Gasteiger partial charge in [0.2, 0.25) is 0 Å². The van der Waals surface area contributed by atoms with Crippen LogP contribution in [-0.2, 0) is 0 Å². The Morgan fingerprint density at radius 1 is 1.53 bits per heavy atom. The Balaban J connectivity index is 3.01. The fourth-order valence-corrected chi connectivity index (χ4v) is 1.40. The molecule has 1 rings (SSSR count). The summed E-state index contributed by atoms with van der Waals surface area (Å²) in [6.45, 7) is 5.52. The van der Waals surface area contributed by atoms with E-state index in [0.29, 0.717) is 6.42 Å². The molecule has 0 aromatic heterocycles. The molecule has 0 bridgehead atoms. The molecular formula is C11H14F2N2. The molecule has 82 valence electrons. The number of hydrogen-bond donors (Lipinski definition) is 2. The largest absolute Gasteiger partial charge is 0.271 e. The number of hydrogen-bond acceptors (Lipinski definition) is 2. The van der Waals surface area contributed by atoms with E-state index in [1.807, 2.05) is 6.92 Å². The molecule has 1 atom stereocenters. The molecule has 0 aliphatic heterocycles. The predicted octanol–water partition coefficient (Wildman–Crippen LogP) is 2.44. The Labute approximate surface area is 87.8 Å². The van der Waals surface area contributed by atoms with Gasteiger partial charge in [0.05, 0.1) is 6.04 Å². The Morgan fingerprint density at radius 3 is 2.73 bits per heavy atom. The highest BCUT2D eigenvalue weighted by atomic mass is 19.2. The minimum atomic E-state index is -0.866. The molecule has 0 amide bonds. The molecule has 0 heterocycles. The van der Waals surface area contributed by atoms with Crippen LogP contribution in [0.25, 0.3) is 0 Å². The molecule has 4 heteroatoms. The van der Waals surface area contributed by atoms with Crippen LogP contribution in [-0.4, -0.2) is 0 Å². The molecule has 0 aliphatic rings. The summed E-state index contributed by atoms with van der Waals surface area (Å²) in [7, 11) is 0. The van der Waals surface area contributed by atoms with Crippen molar-refractivity contribution in [1.29, 1.82) is 0 Å². The number of nitrogens with one attached hydrogen (secondary N) is 1. The maximum absolute atomic E-state index is 13.4. The highest BCUT2D eigenvalue weighted by molar-refractivity contribution is 5.23. The van der Waals surface area contributed by atoms with E-state index < -0.39 is 17.7 Å². The molecule has 0 spiro atoms. The molecule has 2 nitrogen and oxygen atoms in total. The Bertz CT molecular complexity index is 364. The lowest BCUT2D eigenvalue weighted by Gasteiger charge is -2.17. The van der Waals surface area contributed by atoms with Crippen molar-refractivity contribution in [3.8, 4) is 0 Å². The highest BCUT2D eigenvalue weighted by Gasteiger charge is 2.16. The molecule has 0 fully saturated rings. The fourth-order valence-electron chi connectivity index (χ4n) is 1.40. The molecule has 3 N–H and O–H groups in total. The summed E-state index contributed by atoms with van der Waals surface area (Å²) in [5.41, 5.74) is 3.52. The first-order valence-electron chi connectivity index (χ1n) is 4.60. The van der Waals surface area contributed by atoms with Crippen molar-refractivity contribution in [2.75, 3.05) is 0 Å². The van der Waals surface area contributed by atoms with E-state index in [9.17, 15) is 8.78 Å². The van der Waals surface area contributed by atoms with Gasteiger partial charge in [0, 0.05) is 5.56 Å². The normalized spacial score (nSPS) is 12.5. The van der Waals surface area contributed by atoms with Crippen molar-refractivity contribution in [1.82, 2.24) is 5.43 Å². The van der Waals surface area contributed by atoms with E-state index in [0.717, 1.165) is 11.6 Å². The standard InChI is InChI=1S/C11H14F2N2/c1-7(2)6-10(15-14)8-4-3-5-9(12)11(8)13/h3-5,10,15H,1,6,14H2,2H3. The van der Waals surface area contributed by atoms with Crippen LogP contribution in [0, 0.1) is 11.6 Å². The molecule has 1 unspecified atom stereocenters. The molecule has 0 aliphatic carbocycles. The van der Waals surface area contributed by atoms with Gasteiger partial charge in [-0.3, -0.25) is 11.3 Å². The lowest BCUT2D eigenvalue weighted by Crippen LogP contribution is -2.29. The third-order valence-electron chi connectivity index (χ3n) is 2.11. The highest BCUT2D eigenvalue weighted by Crippen LogP contribution is 2.23. The summed E-state index contributed by atoms with van der Waals surface area (Å²) in [5.74, 6) is 3.57. The van der Waals surface area contributed by atoms with Crippen LogP contribution < -0.4 is 11.3 Å². The first-order valence-corrected chi connectivity index (χ1v) is 4.60. The van der Waals surface area contributed by atoms with Crippen LogP contribution in [0.3, 0.4) is 0 Å². The van der Waals surface area contributed by atoms with Crippen LogP contribution in [0.1, 0.15) is 24.9 Å². The minimum absolute atomic E-state index is 0.223. The summed E-state index contributed by atoms with van der Waals surface area (Å²) in [6.07, 6.45) is 0.469. The van der Waals surface area contributed by atoms with E-state index in [1.165, 1.54) is 12.1 Å². The second kappa shape index (κ2) is 5.00. The van der Waals surface area contributed by atoms with Crippen LogP contribution in [0.5, 0.6) is 0 Å². The number of hydrazine groups is 1. The van der Waals surface area contributed by atoms with Crippen molar-refractivity contribution in [3.05, 3.63) is 47.5 Å². The summed E-state index contributed by atoms with van der Waals surface area (Å²) < 4.78 is 26.3. The zero-order chi connectivity index (χ0) is 11.4. The van der Waals surface area contributed by atoms with Crippen LogP contribution in [0.15, 0.2) is 30.4 Å². The molecule has 15 heavy (non-hydrogen) atoms. The molecule has 0 radical (unpaired) electrons. The topological polar surface area (TPSA) is 38.0 Å². The van der Waals surface area contributed by atoms with Crippen molar-refractivity contribution in [2.45, 2.75) is 19.4 Å². The summed E-state index contributed by atoms with van der Waals surface area (Å²) in [6, 6.07) is 3.59. The van der Waals surface area contributed by atoms with Gasteiger partial charge in [-0.25, -0.2) is 8.78 Å². The maximum atomic E-state index is 13.4. The first-order chi connectivity index (χ1) is 7.06. The number of nitrogens with two attached hydrogens (primary N) is 1. The monoisotopic (exact) mass is 212 g/mol. The van der Waals surface area contributed by atoms with Gasteiger partial charge in [0.1, 0.15) is 0 Å². The zero-order valence-corrected chi connectivity index (χ0v) is 8.56. The molecule has 1 aromatic carbocycles. The van der Waals surface area contributed by atoms with E-state index in [2.05, 4.69) is 12.0 Å². The van der Waals surface area contributed by atoms with Crippen LogP contribution >= 0.6 is 0 Å². The van der Waals surface area contributed by atoms with Crippen molar-refractivity contribution in [3.63, 3.8) is 0 Å². The lowest BCUT2D eigenvalue weighted by atomic mass is 10.0. The van der Waals surface area contributed by atoms with Gasteiger partial charge in [-0.2, -0.15) is 0 Å². The van der Waals surface area contributed by atoms with Gasteiger partial charge in [-0.05, 0) is 19.4 Å². The zero-order valence-electron chi connectivity index (χ0n) is 8.56. The second-order valence-corrected chi connectivity index (χ2v) is 3.52. The van der Waals surface area contributed by atoms with E-state index in [-0.39, 0.29) is 5.56 Å². The van der Waals surface area contributed by atoms with E-state index in [1.54, 1.807) is 0 Å². The fraction of sp³-hybridized carbons (Fsp3) is 0.273. The third kappa shape index (κ3) is 2.84. The van der Waals surface area contributed by atoms with E-state index >= 15 is 0 Å². The van der Waals surface area contributed by atoms with Crippen molar-refractivity contribution < 1.29 is 8.78 Å². The van der Waals surface area contributed by atoms with Gasteiger partial charge in [0.15, 0.2) is 11.6 Å². The summed E-state index contributed by atoms with van der Waals surface area (Å²) in [4.78, 5) is 0. The van der Waals surface area contributed by atoms with E-state index in [4.69, 9.17) is 5.84 Å². The SMILES string of the molecule is C=C(C)CC(NN)c1cccc(F)c1F. The van der Waals surface area contributed by atoms with Crippen LogP contribution in [0.2, 0.25) is 0 Å². The number of halogens is 2. The van der Waals surface area contributed by atoms with Crippen molar-refractivity contribution >= 4 is 0 Å². The molecule has 0 saturated heterocycles. The number of rotatable bonds is 4. The lowest BCUT2D eigenvalue weighted by molar-refractivity contribution is 0.464. The summed E-state index contributed by atoms with van der Waals surface area (Å²) in [5, 5.41) is 0. The van der Waals surface area contributed by atoms with Crippen molar-refractivity contribution in [2.24, 2.45) is 5.84 Å². The van der Waals surface area contributed by atoms with Gasteiger partial charge in [-0.1, -0.05) is 17.7 Å². The van der Waals surface area contributed by atoms with Gasteiger partial charge >= 0.3 is 0 Å². The maximum Gasteiger partial charge on any atom is 0.163 e. The number of benzene rings is 1. The van der Waals surface area contributed by atoms with Gasteiger partial charge < -0.3 is 0 Å². The molecular weight excluding hydrogens is 198 g/mol. The molecule has 1 aromatic rings. The van der Waals surface area contributed by atoms with Crippen LogP contribution in [0.4, 0.5) is 8.78 Å². The smallest absolute Gasteiger partial charge is 0.163 e. The average Bonchev–Trinajstić information content (AvgIpc) is 2.19. The Hall–Kier alpha value is -1.26. The van der Waals surface area contributed by atoms with Gasteiger partial charge in [-0.15, -0.1) is 6.58 Å². The Morgan fingerprint density at radius 2 is 2.20 bits per heavy atom. The average molecular weight is 212 g/mol. The first kappa shape index (κ1) is 11.8. The van der Waals surface area contributed by atoms with Gasteiger partial charge in [0.25, 0.3) is 0 Å². The second-order valence-electron chi connectivity index (χ2n) is 3.52. The summed E-state index contributed by atoms with van der Waals surface area (Å²) >= 11 is 0. The predicted molar refractivity (Wildman–Crippen MR) is 55.9 cm³/mol. The minimum Gasteiger partial charge on any atom is -0.271 e. The quantitative estimate of drug-likeness (QED) is 0.457. The molecule has 0 saturated carbocycles.